The lowest BCUT2D eigenvalue weighted by atomic mass is 9.83. The molecule has 5 rings (SSSR count). The lowest BCUT2D eigenvalue weighted by Crippen LogP contribution is -2.51. The fourth-order valence-corrected chi connectivity index (χ4v) is 5.53. The first-order chi connectivity index (χ1) is 15.6. The fourth-order valence-electron chi connectivity index (χ4n) is 5.40. The molecule has 2 fully saturated rings. The van der Waals surface area contributed by atoms with Gasteiger partial charge in [0.25, 0.3) is 11.5 Å². The molecule has 0 saturated carbocycles. The van der Waals surface area contributed by atoms with Gasteiger partial charge in [-0.15, -0.1) is 0 Å². The Labute approximate surface area is 193 Å². The number of nitrogens with zero attached hydrogens (tertiary/aromatic N) is 2. The minimum absolute atomic E-state index is 0.128. The molecule has 1 amide bonds. The molecule has 1 aromatic heterocycles. The van der Waals surface area contributed by atoms with Gasteiger partial charge in [-0.3, -0.25) is 14.2 Å². The predicted molar refractivity (Wildman–Crippen MR) is 129 cm³/mol. The molecule has 5 nitrogen and oxygen atoms in total. The van der Waals surface area contributed by atoms with Gasteiger partial charge in [0.05, 0.1) is 5.56 Å². The highest BCUT2D eigenvalue weighted by atomic mass is 35.5. The molecule has 166 valence electrons. The quantitative estimate of drug-likeness (QED) is 0.631. The maximum atomic E-state index is 13.3. The molecule has 6 heteroatoms. The fraction of sp³-hybridized carbons (Fsp3) is 0.385. The second-order valence-corrected chi connectivity index (χ2v) is 9.39. The van der Waals surface area contributed by atoms with E-state index in [9.17, 15) is 9.59 Å². The van der Waals surface area contributed by atoms with Crippen molar-refractivity contribution < 1.29 is 4.79 Å². The maximum absolute atomic E-state index is 13.3. The highest BCUT2D eigenvalue weighted by Crippen LogP contribution is 2.30. The molecular formula is C26H28ClN3O2. The molecule has 2 atom stereocenters. The Balaban J connectivity index is 1.45. The van der Waals surface area contributed by atoms with E-state index in [-0.39, 0.29) is 11.5 Å². The summed E-state index contributed by atoms with van der Waals surface area (Å²) >= 11 is 6.02. The van der Waals surface area contributed by atoms with Crippen LogP contribution in [-0.2, 0) is 0 Å². The number of fused-ring (bicyclic) bond motifs is 2. The van der Waals surface area contributed by atoms with E-state index in [0.29, 0.717) is 45.6 Å². The Hall–Kier alpha value is -2.63. The smallest absolute Gasteiger partial charge is 0.262 e. The number of carbonyl (C=O) groups excluding carboxylic acids is 1. The van der Waals surface area contributed by atoms with Crippen LogP contribution in [0, 0.1) is 5.92 Å². The van der Waals surface area contributed by atoms with E-state index in [1.165, 1.54) is 43.3 Å². The Bertz CT molecular complexity index is 1190. The molecule has 0 unspecified atom stereocenters. The lowest BCUT2D eigenvalue weighted by Gasteiger charge is -2.44. The molecule has 0 spiro atoms. The van der Waals surface area contributed by atoms with Crippen LogP contribution in [0.25, 0.3) is 16.5 Å². The highest BCUT2D eigenvalue weighted by Gasteiger charge is 2.33. The summed E-state index contributed by atoms with van der Waals surface area (Å²) in [4.78, 5) is 29.1. The van der Waals surface area contributed by atoms with Gasteiger partial charge >= 0.3 is 0 Å². The second kappa shape index (κ2) is 9.08. The molecule has 2 aliphatic heterocycles. The van der Waals surface area contributed by atoms with Gasteiger partial charge in [-0.1, -0.05) is 36.2 Å². The van der Waals surface area contributed by atoms with Crippen LogP contribution in [0.1, 0.15) is 42.5 Å². The minimum atomic E-state index is -0.149. The Kier molecular flexibility index (Phi) is 6.03. The number of hydrogen-bond acceptors (Lipinski definition) is 3. The molecule has 1 N–H and O–H groups in total. The number of amides is 1. The van der Waals surface area contributed by atoms with Gasteiger partial charge < -0.3 is 10.2 Å². The summed E-state index contributed by atoms with van der Waals surface area (Å²) in [5.74, 6) is 0.360. The van der Waals surface area contributed by atoms with Crippen molar-refractivity contribution in [3.63, 3.8) is 0 Å². The number of hydrogen-bond donors (Lipinski definition) is 1. The predicted octanol–water partition coefficient (Wildman–Crippen LogP) is 4.64. The lowest BCUT2D eigenvalue weighted by molar-refractivity contribution is 0.0576. The van der Waals surface area contributed by atoms with Gasteiger partial charge in [0, 0.05) is 40.3 Å². The first kappa shape index (κ1) is 21.2. The summed E-state index contributed by atoms with van der Waals surface area (Å²) in [6.07, 6.45) is 7.81. The van der Waals surface area contributed by atoms with Crippen LogP contribution in [-0.4, -0.2) is 41.1 Å². The maximum Gasteiger partial charge on any atom is 0.262 e. The molecule has 2 aliphatic rings. The SMILES string of the molecule is O=C(NC[C@H]1CCCN2CCCC[C@@H]12)c1cn(-c2ccc(Cl)cc2)c(=O)c2ccccc12. The molecular weight excluding hydrogens is 422 g/mol. The van der Waals surface area contributed by atoms with Gasteiger partial charge in [0.1, 0.15) is 0 Å². The van der Waals surface area contributed by atoms with Crippen LogP contribution < -0.4 is 10.9 Å². The Morgan fingerprint density at radius 1 is 0.969 bits per heavy atom. The molecule has 0 bridgehead atoms. The third kappa shape index (κ3) is 4.07. The van der Waals surface area contributed by atoms with Crippen molar-refractivity contribution in [2.45, 2.75) is 38.1 Å². The molecule has 32 heavy (non-hydrogen) atoms. The van der Waals surface area contributed by atoms with Gasteiger partial charge in [0.15, 0.2) is 0 Å². The van der Waals surface area contributed by atoms with Crippen molar-refractivity contribution >= 4 is 28.3 Å². The number of rotatable bonds is 4. The van der Waals surface area contributed by atoms with Crippen LogP contribution in [0.2, 0.25) is 5.02 Å². The summed E-state index contributed by atoms with van der Waals surface area (Å²) in [6.45, 7) is 3.05. The van der Waals surface area contributed by atoms with E-state index in [2.05, 4.69) is 10.2 Å². The van der Waals surface area contributed by atoms with Gasteiger partial charge in [0.2, 0.25) is 0 Å². The topological polar surface area (TPSA) is 54.3 Å². The standard InChI is InChI=1S/C26H28ClN3O2/c27-19-10-12-20(13-11-19)30-17-23(21-7-1-2-8-22(21)26(30)32)25(31)28-16-18-6-5-15-29-14-4-3-9-24(18)29/h1-2,7-8,10-13,17-18,24H,3-6,9,14-16H2,(H,28,31)/t18-,24+/m1/s1. The Morgan fingerprint density at radius 2 is 1.72 bits per heavy atom. The van der Waals surface area contributed by atoms with Crippen molar-refractivity contribution in [1.82, 2.24) is 14.8 Å². The van der Waals surface area contributed by atoms with Crippen molar-refractivity contribution in [1.29, 1.82) is 0 Å². The number of piperidine rings is 2. The average Bonchev–Trinajstić information content (AvgIpc) is 2.83. The largest absolute Gasteiger partial charge is 0.352 e. The molecule has 3 heterocycles. The number of nitrogens with one attached hydrogen (secondary N) is 1. The van der Waals surface area contributed by atoms with Crippen LogP contribution in [0.15, 0.2) is 59.5 Å². The Morgan fingerprint density at radius 3 is 2.53 bits per heavy atom. The summed E-state index contributed by atoms with van der Waals surface area (Å²) in [5.41, 5.74) is 1.06. The summed E-state index contributed by atoms with van der Waals surface area (Å²) in [6, 6.07) is 15.0. The second-order valence-electron chi connectivity index (χ2n) is 8.95. The minimum Gasteiger partial charge on any atom is -0.352 e. The summed E-state index contributed by atoms with van der Waals surface area (Å²) in [5, 5.41) is 5.02. The van der Waals surface area contributed by atoms with Crippen LogP contribution in [0.4, 0.5) is 0 Å². The molecule has 3 aromatic rings. The van der Waals surface area contributed by atoms with E-state index in [1.54, 1.807) is 36.5 Å². The molecule has 0 aliphatic carbocycles. The average molecular weight is 450 g/mol. The van der Waals surface area contributed by atoms with E-state index in [1.807, 2.05) is 18.2 Å². The van der Waals surface area contributed by atoms with E-state index < -0.39 is 0 Å². The van der Waals surface area contributed by atoms with Gasteiger partial charge in [-0.2, -0.15) is 0 Å². The molecule has 2 saturated heterocycles. The zero-order valence-corrected chi connectivity index (χ0v) is 18.9. The van der Waals surface area contributed by atoms with Crippen molar-refractivity contribution in [2.24, 2.45) is 5.92 Å². The van der Waals surface area contributed by atoms with Crippen molar-refractivity contribution in [3.8, 4) is 5.69 Å². The first-order valence-corrected chi connectivity index (χ1v) is 11.9. The first-order valence-electron chi connectivity index (χ1n) is 11.5. The third-order valence-corrected chi connectivity index (χ3v) is 7.28. The molecule has 2 aromatic carbocycles. The monoisotopic (exact) mass is 449 g/mol. The van der Waals surface area contributed by atoms with Crippen LogP contribution in [0.5, 0.6) is 0 Å². The zero-order chi connectivity index (χ0) is 22.1. The number of pyridine rings is 1. The molecule has 0 radical (unpaired) electrons. The van der Waals surface area contributed by atoms with Crippen LogP contribution in [0.3, 0.4) is 0 Å². The zero-order valence-electron chi connectivity index (χ0n) is 18.1. The highest BCUT2D eigenvalue weighted by molar-refractivity contribution is 6.30. The van der Waals surface area contributed by atoms with Gasteiger partial charge in [-0.25, -0.2) is 0 Å². The third-order valence-electron chi connectivity index (χ3n) is 7.03. The van der Waals surface area contributed by atoms with E-state index in [4.69, 9.17) is 11.6 Å². The number of halogens is 1. The van der Waals surface area contributed by atoms with Crippen molar-refractivity contribution in [3.05, 3.63) is 75.7 Å². The van der Waals surface area contributed by atoms with Crippen LogP contribution >= 0.6 is 11.6 Å². The van der Waals surface area contributed by atoms with Crippen molar-refractivity contribution in [2.75, 3.05) is 19.6 Å². The summed E-state index contributed by atoms with van der Waals surface area (Å²) < 4.78 is 1.54. The van der Waals surface area contributed by atoms with E-state index >= 15 is 0 Å². The number of benzene rings is 2. The number of carbonyl (C=O) groups is 1. The normalized spacial score (nSPS) is 21.3. The number of aromatic nitrogens is 1. The summed E-state index contributed by atoms with van der Waals surface area (Å²) in [7, 11) is 0. The van der Waals surface area contributed by atoms with Gasteiger partial charge in [-0.05, 0) is 75.0 Å². The van der Waals surface area contributed by atoms with E-state index in [0.717, 1.165) is 6.42 Å².